The van der Waals surface area contributed by atoms with Crippen LogP contribution in [0.25, 0.3) is 0 Å². The Bertz CT molecular complexity index is 860. The third kappa shape index (κ3) is 6.90. The van der Waals surface area contributed by atoms with Crippen molar-refractivity contribution in [2.45, 2.75) is 135 Å². The maximum Gasteiger partial charge on any atom is 0.192 e. The van der Waals surface area contributed by atoms with Gasteiger partial charge in [-0.3, -0.25) is 0 Å². The van der Waals surface area contributed by atoms with Crippen molar-refractivity contribution in [2.24, 2.45) is 5.92 Å². The largest absolute Gasteiger partial charge is 0.416 e. The molecule has 36 heavy (non-hydrogen) atoms. The van der Waals surface area contributed by atoms with Gasteiger partial charge in [-0.2, -0.15) is 0 Å². The Kier molecular flexibility index (Phi) is 8.79. The molecule has 7 heteroatoms. The van der Waals surface area contributed by atoms with Crippen LogP contribution < -0.4 is 5.32 Å². The number of ether oxygens (including phenoxy) is 2. The van der Waals surface area contributed by atoms with Gasteiger partial charge in [-0.1, -0.05) is 71.9 Å². The molecule has 1 heterocycles. The summed E-state index contributed by atoms with van der Waals surface area (Å²) < 4.78 is 27.1. The van der Waals surface area contributed by atoms with Crippen LogP contribution in [-0.2, 0) is 24.9 Å². The van der Waals surface area contributed by atoms with Gasteiger partial charge in [0.1, 0.15) is 6.10 Å². The summed E-state index contributed by atoms with van der Waals surface area (Å²) in [6.45, 7) is 28.7. The predicted octanol–water partition coefficient (Wildman–Crippen LogP) is 7.10. The molecule has 1 aliphatic carbocycles. The second-order valence-electron chi connectivity index (χ2n) is 14.4. The number of rotatable bonds is 8. The third-order valence-corrected chi connectivity index (χ3v) is 18.1. The SMILES string of the molecule is CC1(C)O[C@@H]2[C@@H](CO[Si](C)(C)C(C)(C)C)[C@H](NCc3ccccc3)C[C@H](O[Si](C)(C)C(C)(C)C)[C@H]2O1. The van der Waals surface area contributed by atoms with Crippen LogP contribution >= 0.6 is 0 Å². The lowest BCUT2D eigenvalue weighted by Gasteiger charge is -2.48. The molecule has 1 aromatic rings. The molecule has 0 unspecified atom stereocenters. The molecule has 1 aromatic carbocycles. The molecule has 0 aromatic heterocycles. The first-order chi connectivity index (χ1) is 16.3. The van der Waals surface area contributed by atoms with Crippen molar-refractivity contribution in [1.29, 1.82) is 0 Å². The summed E-state index contributed by atoms with van der Waals surface area (Å²) in [6, 6.07) is 10.9. The fourth-order valence-electron chi connectivity index (χ4n) is 4.71. The van der Waals surface area contributed by atoms with Gasteiger partial charge in [0.15, 0.2) is 22.4 Å². The van der Waals surface area contributed by atoms with E-state index in [-0.39, 0.29) is 40.3 Å². The first kappa shape index (κ1) is 30.0. The highest BCUT2D eigenvalue weighted by Gasteiger charge is 2.56. The zero-order valence-electron chi connectivity index (χ0n) is 25.0. The van der Waals surface area contributed by atoms with Crippen molar-refractivity contribution in [2.75, 3.05) is 6.61 Å². The molecular formula is C29H53NO4Si2. The standard InChI is InChI=1S/C29H53NO4Si2/c1-27(2,3)35(9,10)31-20-22-23(30-19-21-16-14-13-15-17-21)18-24(34-36(11,12)28(4,5)6)26-25(22)32-29(7,8)33-26/h13-17,22-26,30H,18-20H2,1-12H3/t22-,23+,24-,25+,26+/m0/s1. The van der Waals surface area contributed by atoms with Gasteiger partial charge in [0, 0.05) is 25.1 Å². The first-order valence-corrected chi connectivity index (χ1v) is 19.6. The molecule has 1 aliphatic heterocycles. The van der Waals surface area contributed by atoms with Gasteiger partial charge in [0.05, 0.1) is 12.2 Å². The van der Waals surface area contributed by atoms with E-state index in [1.807, 2.05) is 13.8 Å². The van der Waals surface area contributed by atoms with Crippen LogP contribution in [0, 0.1) is 5.92 Å². The molecule has 0 spiro atoms. The highest BCUT2D eigenvalue weighted by molar-refractivity contribution is 6.74. The average molecular weight is 536 g/mol. The van der Waals surface area contributed by atoms with E-state index in [9.17, 15) is 0 Å². The van der Waals surface area contributed by atoms with Crippen molar-refractivity contribution in [1.82, 2.24) is 5.32 Å². The summed E-state index contributed by atoms with van der Waals surface area (Å²) in [7, 11) is -3.91. The van der Waals surface area contributed by atoms with Crippen LogP contribution in [0.4, 0.5) is 0 Å². The summed E-state index contributed by atoms with van der Waals surface area (Å²) in [4.78, 5) is 0. The van der Waals surface area contributed by atoms with Crippen LogP contribution in [0.1, 0.15) is 67.4 Å². The minimum Gasteiger partial charge on any atom is -0.416 e. The molecule has 0 bridgehead atoms. The van der Waals surface area contributed by atoms with E-state index in [1.54, 1.807) is 0 Å². The lowest BCUT2D eigenvalue weighted by atomic mass is 9.79. The molecule has 1 N–H and O–H groups in total. The average Bonchev–Trinajstić information content (AvgIpc) is 3.06. The summed E-state index contributed by atoms with van der Waals surface area (Å²) in [5.74, 6) is -0.442. The second-order valence-corrected chi connectivity index (χ2v) is 24.0. The van der Waals surface area contributed by atoms with Crippen LogP contribution in [-0.4, -0.2) is 53.4 Å². The quantitative estimate of drug-likeness (QED) is 0.360. The molecule has 0 radical (unpaired) electrons. The molecule has 3 rings (SSSR count). The number of benzene rings is 1. The van der Waals surface area contributed by atoms with Crippen molar-refractivity contribution in [3.8, 4) is 0 Å². The molecule has 1 saturated heterocycles. The van der Waals surface area contributed by atoms with Crippen LogP contribution in [0.15, 0.2) is 30.3 Å². The summed E-state index contributed by atoms with van der Waals surface area (Å²) >= 11 is 0. The highest BCUT2D eigenvalue weighted by atomic mass is 28.4. The maximum atomic E-state index is 7.04. The van der Waals surface area contributed by atoms with E-state index in [1.165, 1.54) is 5.56 Å². The zero-order chi connectivity index (χ0) is 27.2. The molecule has 206 valence electrons. The van der Waals surface area contributed by atoms with Gasteiger partial charge in [-0.15, -0.1) is 0 Å². The Morgan fingerprint density at radius 1 is 0.889 bits per heavy atom. The smallest absolute Gasteiger partial charge is 0.192 e. The van der Waals surface area contributed by atoms with Gasteiger partial charge >= 0.3 is 0 Å². The lowest BCUT2D eigenvalue weighted by Crippen LogP contribution is -2.60. The fraction of sp³-hybridized carbons (Fsp3) is 0.793. The van der Waals surface area contributed by atoms with E-state index in [2.05, 4.69) is 103 Å². The Morgan fingerprint density at radius 2 is 1.44 bits per heavy atom. The summed E-state index contributed by atoms with van der Waals surface area (Å²) in [6.07, 6.45) is 0.736. The minimum absolute atomic E-state index is 0.00457. The van der Waals surface area contributed by atoms with E-state index >= 15 is 0 Å². The Labute approximate surface area is 223 Å². The number of fused-ring (bicyclic) bond motifs is 1. The van der Waals surface area contributed by atoms with Crippen LogP contribution in [0.2, 0.25) is 36.3 Å². The summed E-state index contributed by atoms with van der Waals surface area (Å²) in [5, 5.41) is 4.19. The van der Waals surface area contributed by atoms with Gasteiger partial charge in [-0.05, 0) is 62.1 Å². The maximum absolute atomic E-state index is 7.04. The van der Waals surface area contributed by atoms with Crippen molar-refractivity contribution in [3.63, 3.8) is 0 Å². The second kappa shape index (κ2) is 10.6. The number of hydrogen-bond acceptors (Lipinski definition) is 5. The Morgan fingerprint density at radius 3 is 2.00 bits per heavy atom. The first-order valence-electron chi connectivity index (χ1n) is 13.8. The molecule has 0 amide bonds. The topological polar surface area (TPSA) is 49.0 Å². The predicted molar refractivity (Wildman–Crippen MR) is 154 cm³/mol. The van der Waals surface area contributed by atoms with Crippen molar-refractivity contribution < 1.29 is 18.3 Å². The Hall–Kier alpha value is -0.546. The molecule has 2 fully saturated rings. The molecular weight excluding hydrogens is 482 g/mol. The lowest BCUT2D eigenvalue weighted by molar-refractivity contribution is -0.154. The third-order valence-electron chi connectivity index (χ3n) is 9.06. The van der Waals surface area contributed by atoms with Crippen LogP contribution in [0.5, 0.6) is 0 Å². The van der Waals surface area contributed by atoms with Gasteiger partial charge in [-0.25, -0.2) is 0 Å². The molecule has 5 nitrogen and oxygen atoms in total. The fourth-order valence-corrected chi connectivity index (χ4v) is 7.09. The van der Waals surface area contributed by atoms with Crippen LogP contribution in [0.3, 0.4) is 0 Å². The normalized spacial score (nSPS) is 29.3. The van der Waals surface area contributed by atoms with E-state index in [4.69, 9.17) is 18.3 Å². The monoisotopic (exact) mass is 535 g/mol. The zero-order valence-corrected chi connectivity index (χ0v) is 27.0. The molecule has 1 saturated carbocycles. The highest BCUT2D eigenvalue weighted by Crippen LogP contribution is 2.46. The van der Waals surface area contributed by atoms with E-state index < -0.39 is 22.4 Å². The van der Waals surface area contributed by atoms with E-state index in [0.29, 0.717) is 6.61 Å². The van der Waals surface area contributed by atoms with Gasteiger partial charge in [0.25, 0.3) is 0 Å². The number of hydrogen-bond donors (Lipinski definition) is 1. The Balaban J connectivity index is 1.90. The van der Waals surface area contributed by atoms with Crippen molar-refractivity contribution in [3.05, 3.63) is 35.9 Å². The van der Waals surface area contributed by atoms with Crippen molar-refractivity contribution >= 4 is 16.6 Å². The van der Waals surface area contributed by atoms with E-state index in [0.717, 1.165) is 13.0 Å². The van der Waals surface area contributed by atoms with Gasteiger partial charge in [0.2, 0.25) is 0 Å². The van der Waals surface area contributed by atoms with Gasteiger partial charge < -0.3 is 23.6 Å². The molecule has 2 aliphatic rings. The molecule has 5 atom stereocenters. The summed E-state index contributed by atoms with van der Waals surface area (Å²) in [5.41, 5.74) is 1.29. The number of nitrogens with one attached hydrogen (secondary N) is 1. The minimum atomic E-state index is -2.00.